The predicted molar refractivity (Wildman–Crippen MR) is 85.1 cm³/mol. The highest BCUT2D eigenvalue weighted by molar-refractivity contribution is 5.79. The van der Waals surface area contributed by atoms with Crippen molar-refractivity contribution in [2.24, 2.45) is 10.8 Å². The maximum Gasteiger partial charge on any atom is 0.205 e. The van der Waals surface area contributed by atoms with Gasteiger partial charge in [-0.2, -0.15) is 5.10 Å². The molecule has 0 saturated carbocycles. The molecular formula is C14H28N6O. The molecule has 0 fully saturated rings. The lowest BCUT2D eigenvalue weighted by molar-refractivity contribution is 0.145. The summed E-state index contributed by atoms with van der Waals surface area (Å²) in [6, 6.07) is 2.08. The van der Waals surface area contributed by atoms with Gasteiger partial charge in [0.15, 0.2) is 0 Å². The van der Waals surface area contributed by atoms with Gasteiger partial charge in [-0.25, -0.2) is 5.84 Å². The van der Waals surface area contributed by atoms with Crippen LogP contribution in [0.2, 0.25) is 0 Å². The van der Waals surface area contributed by atoms with Gasteiger partial charge in [0, 0.05) is 38.5 Å². The molecule has 0 aromatic carbocycles. The van der Waals surface area contributed by atoms with Crippen LogP contribution in [0.15, 0.2) is 11.1 Å². The summed E-state index contributed by atoms with van der Waals surface area (Å²) >= 11 is 0. The number of hydrazine groups is 1. The average molecular weight is 296 g/mol. The van der Waals surface area contributed by atoms with Gasteiger partial charge >= 0.3 is 0 Å². The number of aromatic nitrogens is 2. The Labute approximate surface area is 126 Å². The smallest absolute Gasteiger partial charge is 0.205 e. The fraction of sp³-hybridized carbons (Fsp3) is 0.714. The standard InChI is InChI=1S/C14H28N6O/c1-4-21-10-6-8-17-14(18-15)16-7-5-9-20-13(3)11-12(2)19-20/h11H,4-10,15H2,1-3H3,(H2,16,17,18). The molecule has 7 heteroatoms. The third-order valence-corrected chi connectivity index (χ3v) is 3.00. The van der Waals surface area contributed by atoms with Gasteiger partial charge in [0.25, 0.3) is 0 Å². The van der Waals surface area contributed by atoms with Crippen LogP contribution in [-0.4, -0.2) is 42.0 Å². The highest BCUT2D eigenvalue weighted by Crippen LogP contribution is 2.02. The third-order valence-electron chi connectivity index (χ3n) is 3.00. The second-order valence-corrected chi connectivity index (χ2v) is 4.86. The zero-order chi connectivity index (χ0) is 15.5. The highest BCUT2D eigenvalue weighted by atomic mass is 16.5. The first kappa shape index (κ1) is 17.5. The largest absolute Gasteiger partial charge is 0.382 e. The van der Waals surface area contributed by atoms with Crippen molar-refractivity contribution in [1.29, 1.82) is 0 Å². The molecule has 0 aliphatic rings. The molecule has 1 heterocycles. The Morgan fingerprint density at radius 1 is 1.43 bits per heavy atom. The minimum Gasteiger partial charge on any atom is -0.382 e. The van der Waals surface area contributed by atoms with E-state index in [1.54, 1.807) is 0 Å². The number of aryl methyl sites for hydroxylation is 3. The molecule has 1 aromatic rings. The third kappa shape index (κ3) is 7.10. The van der Waals surface area contributed by atoms with Crippen LogP contribution in [0.3, 0.4) is 0 Å². The Balaban J connectivity index is 2.21. The number of hydrogen-bond acceptors (Lipinski definition) is 4. The molecule has 0 bridgehead atoms. The highest BCUT2D eigenvalue weighted by Gasteiger charge is 2.00. The summed E-state index contributed by atoms with van der Waals surface area (Å²) in [6.07, 6.45) is 1.86. The topological polar surface area (TPSA) is 89.5 Å². The van der Waals surface area contributed by atoms with Crippen molar-refractivity contribution in [1.82, 2.24) is 20.5 Å². The Kier molecular flexibility index (Phi) is 8.45. The van der Waals surface area contributed by atoms with Crippen molar-refractivity contribution in [2.75, 3.05) is 26.3 Å². The van der Waals surface area contributed by atoms with Crippen LogP contribution < -0.4 is 16.6 Å². The van der Waals surface area contributed by atoms with Crippen molar-refractivity contribution in [3.8, 4) is 0 Å². The maximum absolute atomic E-state index is 5.44. The normalized spacial score (nSPS) is 11.7. The minimum atomic E-state index is 0.625. The number of rotatable bonds is 9. The first-order chi connectivity index (χ1) is 10.2. The summed E-state index contributed by atoms with van der Waals surface area (Å²) in [4.78, 5) is 4.40. The van der Waals surface area contributed by atoms with Crippen molar-refractivity contribution >= 4 is 5.96 Å². The van der Waals surface area contributed by atoms with Gasteiger partial charge < -0.3 is 10.1 Å². The van der Waals surface area contributed by atoms with Gasteiger partial charge in [0.05, 0.1) is 5.69 Å². The van der Waals surface area contributed by atoms with Crippen LogP contribution in [0.4, 0.5) is 0 Å². The number of hydrogen-bond donors (Lipinski definition) is 3. The van der Waals surface area contributed by atoms with Crippen molar-refractivity contribution in [2.45, 2.75) is 40.2 Å². The quantitative estimate of drug-likeness (QED) is 0.205. The second-order valence-electron chi connectivity index (χ2n) is 4.86. The van der Waals surface area contributed by atoms with Gasteiger partial charge in [-0.3, -0.25) is 15.1 Å². The van der Waals surface area contributed by atoms with E-state index in [0.29, 0.717) is 12.5 Å². The molecule has 7 nitrogen and oxygen atoms in total. The zero-order valence-electron chi connectivity index (χ0n) is 13.4. The van der Waals surface area contributed by atoms with E-state index in [1.807, 2.05) is 18.5 Å². The molecule has 1 aromatic heterocycles. The zero-order valence-corrected chi connectivity index (χ0v) is 13.4. The summed E-state index contributed by atoms with van der Waals surface area (Å²) in [5.41, 5.74) is 4.82. The summed E-state index contributed by atoms with van der Waals surface area (Å²) in [6.45, 7) is 9.93. The lowest BCUT2D eigenvalue weighted by Gasteiger charge is -2.09. The van der Waals surface area contributed by atoms with E-state index in [0.717, 1.165) is 44.8 Å². The fourth-order valence-corrected chi connectivity index (χ4v) is 1.99. The van der Waals surface area contributed by atoms with Crippen LogP contribution in [0.25, 0.3) is 0 Å². The van der Waals surface area contributed by atoms with Crippen LogP contribution in [0.5, 0.6) is 0 Å². The number of nitrogens with zero attached hydrogens (tertiary/aromatic N) is 3. The van der Waals surface area contributed by atoms with Crippen molar-refractivity contribution in [3.05, 3.63) is 17.5 Å². The summed E-state index contributed by atoms with van der Waals surface area (Å²) in [5, 5.41) is 7.58. The Hall–Kier alpha value is -1.60. The molecule has 0 unspecified atom stereocenters. The van der Waals surface area contributed by atoms with E-state index < -0.39 is 0 Å². The number of aliphatic imine (C=N–C) groups is 1. The van der Waals surface area contributed by atoms with E-state index in [-0.39, 0.29) is 0 Å². The molecule has 0 aliphatic heterocycles. The van der Waals surface area contributed by atoms with E-state index in [4.69, 9.17) is 10.6 Å². The molecular weight excluding hydrogens is 268 g/mol. The summed E-state index contributed by atoms with van der Waals surface area (Å²) in [7, 11) is 0. The number of nitrogens with two attached hydrogens (primary N) is 1. The molecule has 0 aliphatic carbocycles. The van der Waals surface area contributed by atoms with Gasteiger partial charge in [-0.05, 0) is 39.7 Å². The predicted octanol–water partition coefficient (Wildman–Crippen LogP) is 0.726. The van der Waals surface area contributed by atoms with E-state index >= 15 is 0 Å². The van der Waals surface area contributed by atoms with Crippen molar-refractivity contribution in [3.63, 3.8) is 0 Å². The maximum atomic E-state index is 5.44. The summed E-state index contributed by atoms with van der Waals surface area (Å²) in [5.74, 6) is 6.07. The Bertz CT molecular complexity index is 429. The average Bonchev–Trinajstić information content (AvgIpc) is 2.79. The lowest BCUT2D eigenvalue weighted by atomic mass is 10.4. The van der Waals surface area contributed by atoms with E-state index in [9.17, 15) is 0 Å². The molecule has 21 heavy (non-hydrogen) atoms. The van der Waals surface area contributed by atoms with Crippen LogP contribution >= 0.6 is 0 Å². The Morgan fingerprint density at radius 3 is 2.86 bits per heavy atom. The fourth-order valence-electron chi connectivity index (χ4n) is 1.99. The van der Waals surface area contributed by atoms with Gasteiger partial charge in [-0.1, -0.05) is 0 Å². The number of nitrogens with one attached hydrogen (secondary N) is 2. The number of ether oxygens (including phenoxy) is 1. The lowest BCUT2D eigenvalue weighted by Crippen LogP contribution is -2.42. The Morgan fingerprint density at radius 2 is 2.24 bits per heavy atom. The summed E-state index contributed by atoms with van der Waals surface area (Å²) < 4.78 is 7.28. The first-order valence-electron chi connectivity index (χ1n) is 7.51. The molecule has 0 amide bonds. The van der Waals surface area contributed by atoms with Crippen LogP contribution in [0.1, 0.15) is 31.2 Å². The van der Waals surface area contributed by atoms with E-state index in [1.165, 1.54) is 5.69 Å². The molecule has 0 radical (unpaired) electrons. The van der Waals surface area contributed by atoms with Crippen LogP contribution in [0, 0.1) is 13.8 Å². The SMILES string of the molecule is CCOCCCNC(=NCCCn1nc(C)cc1C)NN. The number of guanidine groups is 1. The molecule has 1 rings (SSSR count). The monoisotopic (exact) mass is 296 g/mol. The second kappa shape index (κ2) is 10.2. The molecule has 0 atom stereocenters. The van der Waals surface area contributed by atoms with Gasteiger partial charge in [0.2, 0.25) is 5.96 Å². The molecule has 120 valence electrons. The van der Waals surface area contributed by atoms with Gasteiger partial charge in [-0.15, -0.1) is 0 Å². The molecule has 0 spiro atoms. The minimum absolute atomic E-state index is 0.625. The van der Waals surface area contributed by atoms with Gasteiger partial charge in [0.1, 0.15) is 0 Å². The van der Waals surface area contributed by atoms with Crippen molar-refractivity contribution < 1.29 is 4.74 Å². The molecule has 4 N–H and O–H groups in total. The van der Waals surface area contributed by atoms with E-state index in [2.05, 4.69) is 33.8 Å². The molecule has 0 saturated heterocycles. The van der Waals surface area contributed by atoms with Crippen LogP contribution in [-0.2, 0) is 11.3 Å². The first-order valence-corrected chi connectivity index (χ1v) is 7.51.